The summed E-state index contributed by atoms with van der Waals surface area (Å²) in [6.07, 6.45) is 1.46. The van der Waals surface area contributed by atoms with Gasteiger partial charge in [-0.15, -0.1) is 0 Å². The summed E-state index contributed by atoms with van der Waals surface area (Å²) in [4.78, 5) is 29.4. The van der Waals surface area contributed by atoms with Crippen LogP contribution < -0.4 is 4.52 Å². The first-order valence-corrected chi connectivity index (χ1v) is 8.09. The Labute approximate surface area is 116 Å². The van der Waals surface area contributed by atoms with Gasteiger partial charge < -0.3 is 19.0 Å². The van der Waals surface area contributed by atoms with Gasteiger partial charge in [-0.3, -0.25) is 0 Å². The molecule has 0 unspecified atom stereocenters. The number of para-hydroxylation sites is 1. The van der Waals surface area contributed by atoms with E-state index in [9.17, 15) is 14.6 Å². The number of carbonyl (C=O) groups excluding carboxylic acids is 1. The van der Waals surface area contributed by atoms with Crippen molar-refractivity contribution in [3.05, 3.63) is 42.0 Å². The van der Waals surface area contributed by atoms with Crippen molar-refractivity contribution in [2.24, 2.45) is 0 Å². The van der Waals surface area contributed by atoms with Gasteiger partial charge in [0.1, 0.15) is 5.75 Å². The maximum absolute atomic E-state index is 10.9. The summed E-state index contributed by atoms with van der Waals surface area (Å²) in [5.41, 5.74) is 1.42. The Morgan fingerprint density at radius 1 is 1.53 bits per heavy atom. The van der Waals surface area contributed by atoms with Crippen LogP contribution in [0.3, 0.4) is 0 Å². The third-order valence-electron chi connectivity index (χ3n) is 2.29. The van der Waals surface area contributed by atoms with Crippen LogP contribution >= 0.6 is 6.72 Å². The highest BCUT2D eigenvalue weighted by Crippen LogP contribution is 2.41. The molecule has 0 atom stereocenters. The van der Waals surface area contributed by atoms with E-state index in [2.05, 4.69) is 18.4 Å². The molecule has 0 fully saturated rings. The Kier molecular flexibility index (Phi) is 5.69. The zero-order valence-electron chi connectivity index (χ0n) is 10.4. The number of esters is 1. The summed E-state index contributed by atoms with van der Waals surface area (Å²) < 4.78 is 9.89. The second-order valence-corrected chi connectivity index (χ2v) is 6.36. The fourth-order valence-corrected chi connectivity index (χ4v) is 2.20. The molecule has 0 aliphatic heterocycles. The van der Waals surface area contributed by atoms with E-state index in [4.69, 9.17) is 9.26 Å². The van der Waals surface area contributed by atoms with E-state index < -0.39 is 12.7 Å². The van der Waals surface area contributed by atoms with Gasteiger partial charge >= 0.3 is 12.7 Å². The molecule has 19 heavy (non-hydrogen) atoms. The highest BCUT2D eigenvalue weighted by molar-refractivity contribution is 8.06. The molecule has 0 aliphatic rings. The minimum Gasteiger partial charge on any atom is -0.462 e. The second-order valence-electron chi connectivity index (χ2n) is 3.77. The predicted molar refractivity (Wildman–Crippen MR) is 75.4 cm³/mol. The van der Waals surface area contributed by atoms with Crippen LogP contribution in [0.4, 0.5) is 0 Å². The lowest BCUT2D eigenvalue weighted by atomic mass is 10.1. The van der Waals surface area contributed by atoms with Crippen molar-refractivity contribution in [3.8, 4) is 5.75 Å². The smallest absolute Gasteiger partial charge is 0.375 e. The fourth-order valence-electron chi connectivity index (χ4n) is 1.48. The molecule has 0 saturated heterocycles. The summed E-state index contributed by atoms with van der Waals surface area (Å²) in [7, 11) is 0. The molecule has 2 N–H and O–H groups in total. The molecular weight excluding hydrogens is 287 g/mol. The van der Waals surface area contributed by atoms with Crippen LogP contribution in [0.5, 0.6) is 5.75 Å². The maximum Gasteiger partial charge on any atom is 0.375 e. The van der Waals surface area contributed by atoms with Gasteiger partial charge in [0.15, 0.2) is 0 Å². The lowest BCUT2D eigenvalue weighted by Gasteiger charge is -2.16. The fraction of sp³-hybridized carbons (Fsp3) is 0.250. The molecule has 0 aliphatic carbocycles. The number of hydrogen-bond donors (Lipinski definition) is 2. The topological polar surface area (TPSA) is 76.0 Å². The molecule has 0 saturated carbocycles. The second kappa shape index (κ2) is 6.82. The van der Waals surface area contributed by atoms with Crippen molar-refractivity contribution >= 4 is 24.5 Å². The molecule has 1 aromatic carbocycles. The van der Waals surface area contributed by atoms with E-state index in [1.165, 1.54) is 0 Å². The van der Waals surface area contributed by atoms with Crippen molar-refractivity contribution in [1.82, 2.24) is 0 Å². The van der Waals surface area contributed by atoms with E-state index in [-0.39, 0.29) is 6.61 Å². The lowest BCUT2D eigenvalue weighted by molar-refractivity contribution is -0.137. The number of benzene rings is 1. The van der Waals surface area contributed by atoms with Gasteiger partial charge in [0.25, 0.3) is 0 Å². The highest BCUT2D eigenvalue weighted by atomic mass is 32.5. The number of ether oxygens (including phenoxy) is 1. The van der Waals surface area contributed by atoms with Crippen LogP contribution in [-0.2, 0) is 27.8 Å². The third-order valence-corrected chi connectivity index (χ3v) is 2.93. The largest absolute Gasteiger partial charge is 0.462 e. The minimum absolute atomic E-state index is 0.143. The van der Waals surface area contributed by atoms with Crippen molar-refractivity contribution in [2.45, 2.75) is 13.3 Å². The number of aryl methyl sites for hydroxylation is 1. The lowest BCUT2D eigenvalue weighted by Crippen LogP contribution is -2.06. The Balaban J connectivity index is 2.82. The molecule has 0 heterocycles. The van der Waals surface area contributed by atoms with Gasteiger partial charge in [-0.2, -0.15) is 0 Å². The van der Waals surface area contributed by atoms with E-state index >= 15 is 0 Å². The van der Waals surface area contributed by atoms with Crippen LogP contribution in [-0.4, -0.2) is 22.4 Å². The average Bonchev–Trinajstić information content (AvgIpc) is 2.31. The zero-order valence-corrected chi connectivity index (χ0v) is 12.1. The van der Waals surface area contributed by atoms with Crippen LogP contribution in [0.15, 0.2) is 30.9 Å². The number of carbonyl (C=O) groups is 1. The van der Waals surface area contributed by atoms with Gasteiger partial charge in [0.05, 0.1) is 6.61 Å². The minimum atomic E-state index is -3.79. The number of hydrogen-bond acceptors (Lipinski definition) is 4. The molecule has 0 bridgehead atoms. The Bertz CT molecular complexity index is 523. The molecule has 7 heteroatoms. The summed E-state index contributed by atoms with van der Waals surface area (Å²) in [5.74, 6) is -0.185. The monoisotopic (exact) mass is 302 g/mol. The molecule has 0 radical (unpaired) electrons. The first kappa shape index (κ1) is 15.9. The first-order chi connectivity index (χ1) is 8.83. The summed E-state index contributed by atoms with van der Waals surface area (Å²) in [5, 5.41) is 0. The van der Waals surface area contributed by atoms with Crippen LogP contribution in [0.2, 0.25) is 0 Å². The Morgan fingerprint density at radius 3 is 2.79 bits per heavy atom. The molecule has 104 valence electrons. The molecule has 1 aromatic rings. The normalized spacial score (nSPS) is 10.9. The van der Waals surface area contributed by atoms with Gasteiger partial charge in [-0.25, -0.2) is 4.79 Å². The van der Waals surface area contributed by atoms with E-state index in [0.717, 1.165) is 11.6 Å². The third kappa shape index (κ3) is 5.53. The highest BCUT2D eigenvalue weighted by Gasteiger charge is 2.15. The van der Waals surface area contributed by atoms with Crippen molar-refractivity contribution < 1.29 is 23.8 Å². The summed E-state index contributed by atoms with van der Waals surface area (Å²) in [6.45, 7) is 1.41. The summed E-state index contributed by atoms with van der Waals surface area (Å²) in [6, 6.07) is 5.31. The maximum atomic E-state index is 10.9. The van der Waals surface area contributed by atoms with Crippen LogP contribution in [0.25, 0.3) is 0 Å². The van der Waals surface area contributed by atoms with E-state index in [1.807, 2.05) is 0 Å². The molecule has 5 nitrogen and oxygen atoms in total. The molecular formula is C12H15O5PS. The number of rotatable bonds is 6. The van der Waals surface area contributed by atoms with Gasteiger partial charge in [0.2, 0.25) is 0 Å². The predicted octanol–water partition coefficient (Wildman–Crippen LogP) is 1.85. The Hall–Kier alpha value is -1.20. The van der Waals surface area contributed by atoms with Gasteiger partial charge in [0, 0.05) is 24.3 Å². The Morgan fingerprint density at radius 2 is 2.21 bits per heavy atom. The van der Waals surface area contributed by atoms with Crippen LogP contribution in [0.1, 0.15) is 11.1 Å². The van der Waals surface area contributed by atoms with Crippen molar-refractivity contribution in [3.63, 3.8) is 0 Å². The SMILES string of the molecule is C=CC(=O)OCCc1cccc(C)c1OP(O)(O)=S. The molecule has 1 rings (SSSR count). The summed E-state index contributed by atoms with van der Waals surface area (Å²) >= 11 is 4.46. The quantitative estimate of drug-likeness (QED) is 0.474. The van der Waals surface area contributed by atoms with E-state index in [1.54, 1.807) is 25.1 Å². The molecule has 0 amide bonds. The molecule has 0 spiro atoms. The van der Waals surface area contributed by atoms with Gasteiger partial charge in [-0.1, -0.05) is 24.8 Å². The van der Waals surface area contributed by atoms with Crippen molar-refractivity contribution in [2.75, 3.05) is 6.61 Å². The molecule has 0 aromatic heterocycles. The first-order valence-electron chi connectivity index (χ1n) is 5.46. The van der Waals surface area contributed by atoms with Crippen molar-refractivity contribution in [1.29, 1.82) is 0 Å². The zero-order chi connectivity index (χ0) is 14.5. The average molecular weight is 302 g/mol. The van der Waals surface area contributed by atoms with E-state index in [0.29, 0.717) is 17.7 Å². The standard InChI is InChI=1S/C12H15O5PS/c1-3-11(13)16-8-7-10-6-4-5-9(2)12(10)17-18(14,15)19/h3-6H,1,7-8H2,2H3,(H2,14,15,19). The van der Waals surface area contributed by atoms with Crippen LogP contribution in [0, 0.1) is 6.92 Å². The van der Waals surface area contributed by atoms with Gasteiger partial charge in [-0.05, 0) is 18.1 Å².